The zero-order chi connectivity index (χ0) is 24.9. The Kier molecular flexibility index (Phi) is 9.07. The third-order valence-corrected chi connectivity index (χ3v) is 8.47. The van der Waals surface area contributed by atoms with Gasteiger partial charge in [0.15, 0.2) is 0 Å². The molecule has 1 amide bonds. The van der Waals surface area contributed by atoms with Crippen molar-refractivity contribution in [3.8, 4) is 0 Å². The maximum absolute atomic E-state index is 13.5. The van der Waals surface area contributed by atoms with E-state index in [0.717, 1.165) is 20.3 Å². The molecule has 0 saturated heterocycles. The van der Waals surface area contributed by atoms with Gasteiger partial charge in [-0.1, -0.05) is 59.1 Å². The topological polar surface area (TPSA) is 66.5 Å². The maximum Gasteiger partial charge on any atom is 0.243 e. The van der Waals surface area contributed by atoms with Crippen LogP contribution in [0.5, 0.6) is 0 Å². The van der Waals surface area contributed by atoms with Crippen molar-refractivity contribution in [2.75, 3.05) is 12.8 Å². The fourth-order valence-corrected chi connectivity index (χ4v) is 5.60. The lowest BCUT2D eigenvalue weighted by Gasteiger charge is -2.24. The summed E-state index contributed by atoms with van der Waals surface area (Å²) in [5.74, 6) is -0.415. The van der Waals surface area contributed by atoms with Crippen LogP contribution in [0.3, 0.4) is 0 Å². The molecule has 9 heteroatoms. The molecule has 0 saturated carbocycles. The summed E-state index contributed by atoms with van der Waals surface area (Å²) in [5, 5.41) is 3.68. The number of halogens is 2. The number of nitrogens with zero attached hydrogens (tertiary/aromatic N) is 1. The van der Waals surface area contributed by atoms with E-state index in [0.29, 0.717) is 15.6 Å². The van der Waals surface area contributed by atoms with E-state index < -0.39 is 15.9 Å². The number of hydrogen-bond acceptors (Lipinski definition) is 4. The van der Waals surface area contributed by atoms with Crippen molar-refractivity contribution in [3.63, 3.8) is 0 Å². The van der Waals surface area contributed by atoms with Crippen LogP contribution in [0.4, 0.5) is 0 Å². The van der Waals surface area contributed by atoms with Gasteiger partial charge in [0, 0.05) is 21.5 Å². The first kappa shape index (κ1) is 26.6. The van der Waals surface area contributed by atoms with Gasteiger partial charge in [-0.25, -0.2) is 8.42 Å². The van der Waals surface area contributed by atoms with E-state index in [-0.39, 0.29) is 24.0 Å². The van der Waals surface area contributed by atoms with Crippen molar-refractivity contribution in [1.29, 1.82) is 0 Å². The minimum absolute atomic E-state index is 0.0730. The molecule has 0 radical (unpaired) electrons. The third kappa shape index (κ3) is 6.77. The summed E-state index contributed by atoms with van der Waals surface area (Å²) in [6.07, 6.45) is 2.00. The number of thioether (sulfide) groups is 1. The van der Waals surface area contributed by atoms with Gasteiger partial charge < -0.3 is 5.32 Å². The second kappa shape index (κ2) is 11.6. The number of carbonyl (C=O) groups is 1. The maximum atomic E-state index is 13.5. The molecule has 0 spiro atoms. The van der Waals surface area contributed by atoms with E-state index in [4.69, 9.17) is 23.2 Å². The number of amides is 1. The van der Waals surface area contributed by atoms with E-state index in [9.17, 15) is 13.2 Å². The summed E-state index contributed by atoms with van der Waals surface area (Å²) in [4.78, 5) is 14.2. The number of aryl methyl sites for hydroxylation is 1. The second-order valence-corrected chi connectivity index (χ2v) is 11.5. The van der Waals surface area contributed by atoms with Crippen LogP contribution in [0.15, 0.2) is 76.5 Å². The van der Waals surface area contributed by atoms with Crippen LogP contribution < -0.4 is 5.32 Å². The number of benzene rings is 3. The molecule has 0 heterocycles. The average Bonchev–Trinajstić information content (AvgIpc) is 2.80. The quantitative estimate of drug-likeness (QED) is 0.336. The van der Waals surface area contributed by atoms with Crippen LogP contribution in [0.1, 0.15) is 29.7 Å². The Labute approximate surface area is 215 Å². The lowest BCUT2D eigenvalue weighted by atomic mass is 10.1. The normalized spacial score (nSPS) is 12.5. The van der Waals surface area contributed by atoms with Crippen molar-refractivity contribution in [3.05, 3.63) is 93.5 Å². The van der Waals surface area contributed by atoms with Gasteiger partial charge >= 0.3 is 0 Å². The van der Waals surface area contributed by atoms with Crippen molar-refractivity contribution < 1.29 is 13.2 Å². The Morgan fingerprint density at radius 1 is 1.03 bits per heavy atom. The standard InChI is InChI=1S/C25H26Cl2N2O3S2/c1-17-4-12-23(13-5-17)34(31,32)29(15-20-6-9-21(26)14-24(20)27)16-25(30)28-18(2)19-7-10-22(33-3)11-8-19/h4-14,18H,15-16H2,1-3H3,(H,28,30)/t18-/m0/s1. The van der Waals surface area contributed by atoms with E-state index >= 15 is 0 Å². The number of hydrogen-bond donors (Lipinski definition) is 1. The third-order valence-electron chi connectivity index (χ3n) is 5.33. The zero-order valence-electron chi connectivity index (χ0n) is 19.1. The van der Waals surface area contributed by atoms with Crippen molar-refractivity contribution >= 4 is 50.9 Å². The van der Waals surface area contributed by atoms with Gasteiger partial charge in [0.05, 0.1) is 17.5 Å². The predicted octanol–water partition coefficient (Wildman–Crippen LogP) is 6.09. The Bertz CT molecular complexity index is 1250. The fourth-order valence-electron chi connectivity index (χ4n) is 3.35. The molecular formula is C25H26Cl2N2O3S2. The van der Waals surface area contributed by atoms with Gasteiger partial charge in [0.25, 0.3) is 0 Å². The first-order chi connectivity index (χ1) is 16.1. The average molecular weight is 538 g/mol. The van der Waals surface area contributed by atoms with Gasteiger partial charge in [-0.05, 0) is 67.6 Å². The van der Waals surface area contributed by atoms with Crippen molar-refractivity contribution in [2.45, 2.75) is 36.2 Å². The van der Waals surface area contributed by atoms with Crippen LogP contribution in [-0.4, -0.2) is 31.4 Å². The molecule has 1 N–H and O–H groups in total. The van der Waals surface area contributed by atoms with Gasteiger partial charge in [0.1, 0.15) is 0 Å². The van der Waals surface area contributed by atoms with E-state index in [1.807, 2.05) is 44.4 Å². The summed E-state index contributed by atoms with van der Waals surface area (Å²) < 4.78 is 28.1. The van der Waals surface area contributed by atoms with Gasteiger partial charge in [-0.15, -0.1) is 11.8 Å². The fraction of sp³-hybridized carbons (Fsp3) is 0.240. The van der Waals surface area contributed by atoms with Crippen LogP contribution >= 0.6 is 35.0 Å². The predicted molar refractivity (Wildman–Crippen MR) is 140 cm³/mol. The molecule has 0 aliphatic carbocycles. The number of sulfonamides is 1. The Balaban J connectivity index is 1.84. The molecule has 0 aromatic heterocycles. The van der Waals surface area contributed by atoms with Gasteiger partial charge in [-0.2, -0.15) is 4.31 Å². The van der Waals surface area contributed by atoms with E-state index in [1.165, 1.54) is 12.1 Å². The molecule has 0 aliphatic rings. The highest BCUT2D eigenvalue weighted by Crippen LogP contribution is 2.26. The Hall–Kier alpha value is -2.03. The number of carbonyl (C=O) groups excluding carboxylic acids is 1. The lowest BCUT2D eigenvalue weighted by Crippen LogP contribution is -2.41. The van der Waals surface area contributed by atoms with E-state index in [2.05, 4.69) is 5.32 Å². The molecule has 0 unspecified atom stereocenters. The molecule has 0 aliphatic heterocycles. The van der Waals surface area contributed by atoms with Crippen LogP contribution in [-0.2, 0) is 21.4 Å². The minimum Gasteiger partial charge on any atom is -0.348 e. The minimum atomic E-state index is -3.97. The molecule has 0 bridgehead atoms. The molecule has 180 valence electrons. The highest BCUT2D eigenvalue weighted by Gasteiger charge is 2.28. The second-order valence-electron chi connectivity index (χ2n) is 7.88. The number of nitrogens with one attached hydrogen (secondary N) is 1. The smallest absolute Gasteiger partial charge is 0.243 e. The molecule has 3 aromatic rings. The molecule has 34 heavy (non-hydrogen) atoms. The van der Waals surface area contributed by atoms with Gasteiger partial charge in [0.2, 0.25) is 15.9 Å². The summed E-state index contributed by atoms with van der Waals surface area (Å²) in [5.41, 5.74) is 2.42. The summed E-state index contributed by atoms with van der Waals surface area (Å²) in [6, 6.07) is 19.0. The number of rotatable bonds is 9. The Morgan fingerprint density at radius 2 is 1.68 bits per heavy atom. The van der Waals surface area contributed by atoms with Gasteiger partial charge in [-0.3, -0.25) is 4.79 Å². The zero-order valence-corrected chi connectivity index (χ0v) is 22.2. The van der Waals surface area contributed by atoms with Crippen LogP contribution in [0.2, 0.25) is 10.0 Å². The van der Waals surface area contributed by atoms with E-state index in [1.54, 1.807) is 42.1 Å². The molecule has 1 atom stereocenters. The summed E-state index contributed by atoms with van der Waals surface area (Å²) in [7, 11) is -3.97. The highest BCUT2D eigenvalue weighted by molar-refractivity contribution is 7.98. The summed E-state index contributed by atoms with van der Waals surface area (Å²) in [6.45, 7) is 3.31. The first-order valence-corrected chi connectivity index (χ1v) is 14.0. The highest BCUT2D eigenvalue weighted by atomic mass is 35.5. The largest absolute Gasteiger partial charge is 0.348 e. The van der Waals surface area contributed by atoms with Crippen LogP contribution in [0.25, 0.3) is 0 Å². The molecular weight excluding hydrogens is 511 g/mol. The Morgan fingerprint density at radius 3 is 2.26 bits per heavy atom. The SMILES string of the molecule is CSc1ccc([C@H](C)NC(=O)CN(Cc2ccc(Cl)cc2Cl)S(=O)(=O)c2ccc(C)cc2)cc1. The van der Waals surface area contributed by atoms with Crippen LogP contribution in [0, 0.1) is 6.92 Å². The monoisotopic (exact) mass is 536 g/mol. The molecule has 0 fully saturated rings. The van der Waals surface area contributed by atoms with Crippen molar-refractivity contribution in [2.24, 2.45) is 0 Å². The molecule has 3 rings (SSSR count). The summed E-state index contributed by atoms with van der Waals surface area (Å²) >= 11 is 13.9. The lowest BCUT2D eigenvalue weighted by molar-refractivity contribution is -0.122. The first-order valence-electron chi connectivity index (χ1n) is 10.5. The molecule has 5 nitrogen and oxygen atoms in total. The van der Waals surface area contributed by atoms with Crippen molar-refractivity contribution in [1.82, 2.24) is 9.62 Å². The molecule has 3 aromatic carbocycles.